The Kier molecular flexibility index (Phi) is 4.46. The Hall–Kier alpha value is -1.08. The van der Waals surface area contributed by atoms with Crippen molar-refractivity contribution in [1.82, 2.24) is 5.32 Å². The van der Waals surface area contributed by atoms with Crippen LogP contribution in [0.5, 0.6) is 0 Å². The molecule has 2 amide bonds. The summed E-state index contributed by atoms with van der Waals surface area (Å²) in [5, 5.41) is 4.82. The molecule has 104 valence electrons. The molecule has 7 heteroatoms. The average Bonchev–Trinajstić information content (AvgIpc) is 2.69. The second-order valence-electron chi connectivity index (χ2n) is 4.47. The van der Waals surface area contributed by atoms with Gasteiger partial charge in [0.15, 0.2) is 9.84 Å². The summed E-state index contributed by atoms with van der Waals surface area (Å²) in [7, 11) is -3.01. The Balaban J connectivity index is 1.83. The summed E-state index contributed by atoms with van der Waals surface area (Å²) in [6.07, 6.45) is 1.31. The van der Waals surface area contributed by atoms with Gasteiger partial charge in [-0.25, -0.2) is 13.2 Å². The van der Waals surface area contributed by atoms with Crippen molar-refractivity contribution in [2.75, 3.05) is 17.6 Å². The monoisotopic (exact) mass is 346 g/mol. The van der Waals surface area contributed by atoms with Gasteiger partial charge >= 0.3 is 6.03 Å². The van der Waals surface area contributed by atoms with Gasteiger partial charge in [0, 0.05) is 16.7 Å². The number of anilines is 1. The molecule has 1 aromatic carbocycles. The van der Waals surface area contributed by atoms with Gasteiger partial charge in [0.05, 0.1) is 11.0 Å². The van der Waals surface area contributed by atoms with E-state index in [2.05, 4.69) is 26.6 Å². The van der Waals surface area contributed by atoms with E-state index < -0.39 is 15.1 Å². The molecule has 1 fully saturated rings. The summed E-state index contributed by atoms with van der Waals surface area (Å²) >= 11 is 3.30. The van der Waals surface area contributed by atoms with E-state index in [1.165, 1.54) is 0 Å². The fourth-order valence-corrected chi connectivity index (χ4v) is 4.03. The number of amides is 2. The number of carbonyl (C=O) groups is 1. The van der Waals surface area contributed by atoms with Crippen LogP contribution in [0, 0.1) is 0 Å². The van der Waals surface area contributed by atoms with Crippen molar-refractivity contribution in [2.45, 2.75) is 18.1 Å². The van der Waals surface area contributed by atoms with E-state index in [1.54, 1.807) is 12.1 Å². The van der Waals surface area contributed by atoms with Gasteiger partial charge in [-0.05, 0) is 37.1 Å². The number of sulfone groups is 1. The lowest BCUT2D eigenvalue weighted by Gasteiger charge is -2.11. The molecule has 1 saturated heterocycles. The lowest BCUT2D eigenvalue weighted by molar-refractivity contribution is 0.252. The number of benzene rings is 1. The molecular weight excluding hydrogens is 332 g/mol. The van der Waals surface area contributed by atoms with Crippen molar-refractivity contribution in [3.05, 3.63) is 28.7 Å². The van der Waals surface area contributed by atoms with Crippen LogP contribution in [0.15, 0.2) is 28.7 Å². The summed E-state index contributed by atoms with van der Waals surface area (Å²) < 4.78 is 24.1. The zero-order valence-corrected chi connectivity index (χ0v) is 12.6. The highest BCUT2D eigenvalue weighted by Gasteiger charge is 2.31. The summed E-state index contributed by atoms with van der Waals surface area (Å²) in [5.74, 6) is 0.230. The van der Waals surface area contributed by atoms with Gasteiger partial charge in [-0.1, -0.05) is 15.9 Å². The zero-order valence-electron chi connectivity index (χ0n) is 10.2. The van der Waals surface area contributed by atoms with E-state index >= 15 is 0 Å². The van der Waals surface area contributed by atoms with Crippen LogP contribution in [0.2, 0.25) is 0 Å². The van der Waals surface area contributed by atoms with Gasteiger partial charge in [-0.3, -0.25) is 0 Å². The van der Waals surface area contributed by atoms with Crippen molar-refractivity contribution < 1.29 is 13.2 Å². The molecule has 19 heavy (non-hydrogen) atoms. The Bertz CT molecular complexity index is 557. The fourth-order valence-electron chi connectivity index (χ4n) is 2.00. The van der Waals surface area contributed by atoms with Gasteiger partial charge < -0.3 is 10.6 Å². The predicted molar refractivity (Wildman–Crippen MR) is 78.0 cm³/mol. The quantitative estimate of drug-likeness (QED) is 0.880. The van der Waals surface area contributed by atoms with Gasteiger partial charge in [0.2, 0.25) is 0 Å². The molecule has 0 aliphatic carbocycles. The molecule has 0 saturated carbocycles. The molecule has 0 radical (unpaired) electrons. The molecule has 0 spiro atoms. The standard InChI is InChI=1S/C12H15BrN2O3S/c13-9-3-5-10(6-4-9)15-12(16)14-8-11-2-1-7-19(11,17)18/h3-6,11H,1-2,7-8H2,(H2,14,15,16). The van der Waals surface area contributed by atoms with Crippen LogP contribution < -0.4 is 10.6 Å². The molecule has 5 nitrogen and oxygen atoms in total. The first-order valence-electron chi connectivity index (χ1n) is 5.99. The minimum absolute atomic E-state index is 0.171. The number of hydrogen-bond acceptors (Lipinski definition) is 3. The first-order valence-corrected chi connectivity index (χ1v) is 8.50. The van der Waals surface area contributed by atoms with E-state index in [9.17, 15) is 13.2 Å². The van der Waals surface area contributed by atoms with Crippen LogP contribution in [0.4, 0.5) is 10.5 Å². The molecular formula is C12H15BrN2O3S. The van der Waals surface area contributed by atoms with Gasteiger partial charge in [-0.2, -0.15) is 0 Å². The molecule has 0 bridgehead atoms. The predicted octanol–water partition coefficient (Wildman–Crippen LogP) is 2.15. The second-order valence-corrected chi connectivity index (χ2v) is 7.79. The third-order valence-electron chi connectivity index (χ3n) is 3.06. The van der Waals surface area contributed by atoms with Crippen LogP contribution in [0.25, 0.3) is 0 Å². The Labute approximate surface area is 120 Å². The highest BCUT2D eigenvalue weighted by molar-refractivity contribution is 9.10. The van der Waals surface area contributed by atoms with Crippen LogP contribution >= 0.6 is 15.9 Å². The van der Waals surface area contributed by atoms with Crippen LogP contribution in [-0.4, -0.2) is 32.0 Å². The number of rotatable bonds is 3. The third kappa shape index (κ3) is 3.94. The first kappa shape index (κ1) is 14.3. The third-order valence-corrected chi connectivity index (χ3v) is 5.86. The van der Waals surface area contributed by atoms with E-state index in [0.29, 0.717) is 18.5 Å². The number of halogens is 1. The van der Waals surface area contributed by atoms with E-state index in [0.717, 1.165) is 4.47 Å². The van der Waals surface area contributed by atoms with Crippen molar-refractivity contribution in [3.63, 3.8) is 0 Å². The van der Waals surface area contributed by atoms with Gasteiger partial charge in [-0.15, -0.1) is 0 Å². The normalized spacial score (nSPS) is 21.0. The molecule has 1 aromatic rings. The highest BCUT2D eigenvalue weighted by Crippen LogP contribution is 2.19. The molecule has 1 atom stereocenters. The minimum Gasteiger partial charge on any atom is -0.337 e. The maximum Gasteiger partial charge on any atom is 0.319 e. The van der Waals surface area contributed by atoms with E-state index in [-0.39, 0.29) is 18.3 Å². The number of nitrogens with one attached hydrogen (secondary N) is 2. The Morgan fingerprint density at radius 3 is 2.58 bits per heavy atom. The van der Waals surface area contributed by atoms with Crippen molar-refractivity contribution in [1.29, 1.82) is 0 Å². The topological polar surface area (TPSA) is 75.3 Å². The average molecular weight is 347 g/mol. The molecule has 0 aromatic heterocycles. The van der Waals surface area contributed by atoms with E-state index in [1.807, 2.05) is 12.1 Å². The number of urea groups is 1. The summed E-state index contributed by atoms with van der Waals surface area (Å²) in [6.45, 7) is 0.171. The molecule has 2 N–H and O–H groups in total. The van der Waals surface area contributed by atoms with Crippen molar-refractivity contribution in [2.24, 2.45) is 0 Å². The summed E-state index contributed by atoms with van der Waals surface area (Å²) in [4.78, 5) is 11.6. The molecule has 1 aliphatic heterocycles. The van der Waals surface area contributed by atoms with Crippen LogP contribution in [-0.2, 0) is 9.84 Å². The first-order chi connectivity index (χ1) is 8.97. The van der Waals surface area contributed by atoms with Crippen molar-refractivity contribution in [3.8, 4) is 0 Å². The van der Waals surface area contributed by atoms with Gasteiger partial charge in [0.25, 0.3) is 0 Å². The lowest BCUT2D eigenvalue weighted by atomic mass is 10.2. The van der Waals surface area contributed by atoms with Gasteiger partial charge in [0.1, 0.15) is 0 Å². The minimum atomic E-state index is -3.01. The Morgan fingerprint density at radius 2 is 2.00 bits per heavy atom. The molecule has 1 unspecified atom stereocenters. The number of carbonyl (C=O) groups excluding carboxylic acids is 1. The summed E-state index contributed by atoms with van der Waals surface area (Å²) in [6, 6.07) is 6.77. The smallest absolute Gasteiger partial charge is 0.319 e. The molecule has 1 heterocycles. The number of hydrogen-bond donors (Lipinski definition) is 2. The molecule has 1 aliphatic rings. The highest BCUT2D eigenvalue weighted by atomic mass is 79.9. The maximum absolute atomic E-state index is 11.6. The molecule has 2 rings (SSSR count). The SMILES string of the molecule is O=C(NCC1CCCS1(=O)=O)Nc1ccc(Br)cc1. The van der Waals surface area contributed by atoms with E-state index in [4.69, 9.17) is 0 Å². The summed E-state index contributed by atoms with van der Waals surface area (Å²) in [5.41, 5.74) is 0.662. The van der Waals surface area contributed by atoms with Crippen LogP contribution in [0.1, 0.15) is 12.8 Å². The van der Waals surface area contributed by atoms with Crippen LogP contribution in [0.3, 0.4) is 0 Å². The zero-order chi connectivity index (χ0) is 13.9. The van der Waals surface area contributed by atoms with Crippen molar-refractivity contribution >= 4 is 37.5 Å². The largest absolute Gasteiger partial charge is 0.337 e. The lowest BCUT2D eigenvalue weighted by Crippen LogP contribution is -2.37. The fraction of sp³-hybridized carbons (Fsp3) is 0.417. The maximum atomic E-state index is 11.6. The second kappa shape index (κ2) is 5.92. The Morgan fingerprint density at radius 1 is 1.32 bits per heavy atom.